The Kier molecular flexibility index (Phi) is 2.66. The molecular weight excluding hydrogens is 192 g/mol. The summed E-state index contributed by atoms with van der Waals surface area (Å²) in [4.78, 5) is 2.29. The number of hydrogen-bond donors (Lipinski definition) is 1. The van der Waals surface area contributed by atoms with Crippen LogP contribution in [0.15, 0.2) is 36.4 Å². The molecule has 0 saturated heterocycles. The van der Waals surface area contributed by atoms with Gasteiger partial charge in [0, 0.05) is 9.75 Å². The van der Waals surface area contributed by atoms with Gasteiger partial charge in [0.15, 0.2) is 0 Å². The van der Waals surface area contributed by atoms with Crippen molar-refractivity contribution in [1.29, 1.82) is 0 Å². The van der Waals surface area contributed by atoms with Crippen molar-refractivity contribution in [1.82, 2.24) is 0 Å². The average Bonchev–Trinajstić information content (AvgIpc) is 2.61. The third-order valence-electron chi connectivity index (χ3n) is 2.22. The number of aliphatic hydroxyl groups is 1. The summed E-state index contributed by atoms with van der Waals surface area (Å²) in [6.45, 7) is 2.18. The molecule has 0 spiro atoms. The van der Waals surface area contributed by atoms with Crippen LogP contribution in [0.4, 0.5) is 0 Å². The minimum atomic E-state index is 0.142. The Morgan fingerprint density at radius 3 is 2.50 bits per heavy atom. The van der Waals surface area contributed by atoms with Crippen LogP contribution in [-0.4, -0.2) is 5.11 Å². The number of aliphatic hydroxyl groups excluding tert-OH is 1. The van der Waals surface area contributed by atoms with Gasteiger partial charge >= 0.3 is 0 Å². The van der Waals surface area contributed by atoms with Crippen molar-refractivity contribution in [3.63, 3.8) is 0 Å². The van der Waals surface area contributed by atoms with E-state index < -0.39 is 0 Å². The molecule has 0 saturated carbocycles. The summed E-state index contributed by atoms with van der Waals surface area (Å²) < 4.78 is 0. The zero-order valence-corrected chi connectivity index (χ0v) is 8.84. The second-order valence-corrected chi connectivity index (χ2v) is 4.38. The van der Waals surface area contributed by atoms with Gasteiger partial charge in [-0.3, -0.25) is 0 Å². The average molecular weight is 204 g/mol. The van der Waals surface area contributed by atoms with Gasteiger partial charge < -0.3 is 5.11 Å². The van der Waals surface area contributed by atoms with Crippen molar-refractivity contribution >= 4 is 11.3 Å². The lowest BCUT2D eigenvalue weighted by Gasteiger charge is -1.94. The zero-order valence-electron chi connectivity index (χ0n) is 8.03. The molecule has 0 bridgehead atoms. The maximum absolute atomic E-state index is 9.09. The third kappa shape index (κ3) is 1.72. The van der Waals surface area contributed by atoms with Crippen LogP contribution in [0.5, 0.6) is 0 Å². The number of thiophene rings is 1. The van der Waals surface area contributed by atoms with Crippen molar-refractivity contribution in [2.75, 3.05) is 0 Å². The largest absolute Gasteiger partial charge is 0.391 e. The molecule has 2 rings (SSSR count). The number of benzene rings is 1. The van der Waals surface area contributed by atoms with Crippen LogP contribution in [0.1, 0.15) is 10.4 Å². The van der Waals surface area contributed by atoms with Crippen molar-refractivity contribution < 1.29 is 5.11 Å². The first-order valence-corrected chi connectivity index (χ1v) is 5.38. The summed E-state index contributed by atoms with van der Waals surface area (Å²) >= 11 is 1.66. The predicted octanol–water partition coefficient (Wildman–Crippen LogP) is 3.22. The van der Waals surface area contributed by atoms with E-state index in [9.17, 15) is 0 Å². The van der Waals surface area contributed by atoms with E-state index >= 15 is 0 Å². The molecule has 0 amide bonds. The topological polar surface area (TPSA) is 20.2 Å². The lowest BCUT2D eigenvalue weighted by molar-refractivity contribution is 0.285. The summed E-state index contributed by atoms with van der Waals surface area (Å²) in [6, 6.07) is 12.4. The molecule has 0 fully saturated rings. The fourth-order valence-corrected chi connectivity index (χ4v) is 2.46. The Morgan fingerprint density at radius 1 is 1.21 bits per heavy atom. The molecular formula is C12H12OS. The molecule has 2 heteroatoms. The minimum absolute atomic E-state index is 0.142. The van der Waals surface area contributed by atoms with Crippen LogP contribution in [0.3, 0.4) is 0 Å². The van der Waals surface area contributed by atoms with Gasteiger partial charge in [0.05, 0.1) is 6.61 Å². The highest BCUT2D eigenvalue weighted by Gasteiger charge is 2.05. The van der Waals surface area contributed by atoms with E-state index in [1.165, 1.54) is 16.0 Å². The van der Waals surface area contributed by atoms with Gasteiger partial charge in [-0.25, -0.2) is 0 Å². The second kappa shape index (κ2) is 3.95. The Hall–Kier alpha value is -1.12. The van der Waals surface area contributed by atoms with E-state index in [1.807, 2.05) is 25.1 Å². The van der Waals surface area contributed by atoms with E-state index in [0.29, 0.717) is 0 Å². The second-order valence-electron chi connectivity index (χ2n) is 3.24. The van der Waals surface area contributed by atoms with Crippen molar-refractivity contribution in [2.45, 2.75) is 13.5 Å². The van der Waals surface area contributed by atoms with Gasteiger partial charge in [-0.05, 0) is 24.1 Å². The van der Waals surface area contributed by atoms with Gasteiger partial charge in [0.1, 0.15) is 0 Å². The van der Waals surface area contributed by atoms with Crippen molar-refractivity contribution in [3.05, 3.63) is 46.8 Å². The molecule has 0 atom stereocenters. The minimum Gasteiger partial charge on any atom is -0.391 e. The summed E-state index contributed by atoms with van der Waals surface area (Å²) in [5.74, 6) is 0. The van der Waals surface area contributed by atoms with E-state index in [-0.39, 0.29) is 6.61 Å². The van der Waals surface area contributed by atoms with Gasteiger partial charge in [-0.15, -0.1) is 11.3 Å². The molecule has 1 N–H and O–H groups in total. The lowest BCUT2D eigenvalue weighted by Crippen LogP contribution is -1.76. The van der Waals surface area contributed by atoms with Gasteiger partial charge in [0.2, 0.25) is 0 Å². The molecule has 0 aliphatic carbocycles. The monoisotopic (exact) mass is 204 g/mol. The molecule has 14 heavy (non-hydrogen) atoms. The van der Waals surface area contributed by atoms with Crippen LogP contribution in [-0.2, 0) is 6.61 Å². The van der Waals surface area contributed by atoms with Crippen molar-refractivity contribution in [2.24, 2.45) is 0 Å². The van der Waals surface area contributed by atoms with E-state index in [0.717, 1.165) is 4.88 Å². The fraction of sp³-hybridized carbons (Fsp3) is 0.167. The highest BCUT2D eigenvalue weighted by molar-refractivity contribution is 7.15. The predicted molar refractivity (Wildman–Crippen MR) is 60.4 cm³/mol. The Bertz CT molecular complexity index is 417. The smallest absolute Gasteiger partial charge is 0.0777 e. The first-order chi connectivity index (χ1) is 6.81. The highest BCUT2D eigenvalue weighted by Crippen LogP contribution is 2.30. The summed E-state index contributed by atoms with van der Waals surface area (Å²) in [7, 11) is 0. The van der Waals surface area contributed by atoms with Crippen LogP contribution in [0.25, 0.3) is 10.4 Å². The first-order valence-electron chi connectivity index (χ1n) is 4.57. The quantitative estimate of drug-likeness (QED) is 0.796. The summed E-state index contributed by atoms with van der Waals surface area (Å²) in [5, 5.41) is 9.09. The normalized spacial score (nSPS) is 10.4. The zero-order chi connectivity index (χ0) is 9.97. The van der Waals surface area contributed by atoms with E-state index in [1.54, 1.807) is 11.3 Å². The molecule has 72 valence electrons. The van der Waals surface area contributed by atoms with Crippen LogP contribution >= 0.6 is 11.3 Å². The Labute approximate surface area is 87.7 Å². The molecule has 0 radical (unpaired) electrons. The Morgan fingerprint density at radius 2 is 1.93 bits per heavy atom. The maximum atomic E-state index is 9.09. The fourth-order valence-electron chi connectivity index (χ4n) is 1.42. The van der Waals surface area contributed by atoms with Crippen LogP contribution < -0.4 is 0 Å². The summed E-state index contributed by atoms with van der Waals surface area (Å²) in [5.41, 5.74) is 2.40. The maximum Gasteiger partial charge on any atom is 0.0777 e. The molecule has 1 heterocycles. The van der Waals surface area contributed by atoms with Gasteiger partial charge in [0.25, 0.3) is 0 Å². The SMILES string of the molecule is Cc1cc(-c2ccccc2)sc1CO. The number of hydrogen-bond acceptors (Lipinski definition) is 2. The molecule has 0 aliphatic rings. The van der Waals surface area contributed by atoms with Crippen LogP contribution in [0.2, 0.25) is 0 Å². The first kappa shape index (κ1) is 9.44. The number of aryl methyl sites for hydroxylation is 1. The third-order valence-corrected chi connectivity index (χ3v) is 3.49. The summed E-state index contributed by atoms with van der Waals surface area (Å²) in [6.07, 6.45) is 0. The van der Waals surface area contributed by atoms with Gasteiger partial charge in [-0.2, -0.15) is 0 Å². The molecule has 0 aliphatic heterocycles. The molecule has 1 aromatic carbocycles. The van der Waals surface area contributed by atoms with Crippen molar-refractivity contribution in [3.8, 4) is 10.4 Å². The molecule has 1 nitrogen and oxygen atoms in total. The lowest BCUT2D eigenvalue weighted by atomic mass is 10.1. The molecule has 1 aromatic heterocycles. The van der Waals surface area contributed by atoms with Gasteiger partial charge in [-0.1, -0.05) is 30.3 Å². The molecule has 0 unspecified atom stereocenters. The molecule has 2 aromatic rings. The number of rotatable bonds is 2. The van der Waals surface area contributed by atoms with E-state index in [2.05, 4.69) is 18.2 Å². The van der Waals surface area contributed by atoms with E-state index in [4.69, 9.17) is 5.11 Å². The Balaban J connectivity index is 2.43. The van der Waals surface area contributed by atoms with Crippen LogP contribution in [0, 0.1) is 6.92 Å². The standard InChI is InChI=1S/C12H12OS/c1-9-7-11(14-12(9)8-13)10-5-3-2-4-6-10/h2-7,13H,8H2,1H3. The highest BCUT2D eigenvalue weighted by atomic mass is 32.1.